The third kappa shape index (κ3) is 5.64. The zero-order chi connectivity index (χ0) is 20.3. The number of methoxy groups -OCH3 is 1. The molecule has 0 N–H and O–H groups in total. The average Bonchev–Trinajstić information content (AvgIpc) is 2.68. The van der Waals surface area contributed by atoms with Gasteiger partial charge in [-0.3, -0.25) is 10.1 Å². The van der Waals surface area contributed by atoms with E-state index >= 15 is 0 Å². The summed E-state index contributed by atoms with van der Waals surface area (Å²) in [4.78, 5) is 33.4. The van der Waals surface area contributed by atoms with Crippen LogP contribution >= 0.6 is 0 Å². The van der Waals surface area contributed by atoms with Crippen molar-refractivity contribution in [2.45, 2.75) is 79.3 Å². The highest BCUT2D eigenvalue weighted by atomic mass is 16.6. The molecule has 0 aromatic carbocycles. The Morgan fingerprint density at radius 3 is 2.19 bits per heavy atom. The monoisotopic (exact) mass is 368 g/mol. The van der Waals surface area contributed by atoms with Crippen LogP contribution in [0.4, 0.5) is 11.5 Å². The van der Waals surface area contributed by atoms with Gasteiger partial charge in [0.2, 0.25) is 5.82 Å². The normalized spacial score (nSPS) is 11.4. The zero-order valence-corrected chi connectivity index (χ0v) is 17.0. The molecule has 1 atom stereocenters. The fourth-order valence-electron chi connectivity index (χ4n) is 2.76. The van der Waals surface area contributed by atoms with Gasteiger partial charge in [0.05, 0.1) is 12.0 Å². The Morgan fingerprint density at radius 2 is 1.81 bits per heavy atom. The van der Waals surface area contributed by atoms with Crippen LogP contribution in [0.1, 0.15) is 66.6 Å². The molecule has 0 bridgehead atoms. The molecule has 1 aromatic rings. The van der Waals surface area contributed by atoms with Crippen molar-refractivity contribution in [3.05, 3.63) is 22.1 Å². The van der Waals surface area contributed by atoms with Crippen LogP contribution in [0.15, 0.2) is 6.20 Å². The van der Waals surface area contributed by atoms with Crippen LogP contribution in [0.25, 0.3) is 0 Å². The van der Waals surface area contributed by atoms with Gasteiger partial charge in [-0.25, -0.2) is 14.8 Å². The lowest BCUT2D eigenvalue weighted by Crippen LogP contribution is -2.48. The molecule has 8 nitrogen and oxygen atoms in total. The molecule has 8 heteroatoms. The number of anilines is 1. The van der Waals surface area contributed by atoms with Crippen LogP contribution < -0.4 is 4.90 Å². The maximum Gasteiger partial charge on any atom is 0.329 e. The SMILES string of the molecule is CC.CCc1ncc([N+](=O)[O-])c(N(C(CC)CC)C(CC)C(=O)OC)n1. The van der Waals surface area contributed by atoms with Gasteiger partial charge in [0.25, 0.3) is 0 Å². The van der Waals surface area contributed by atoms with Crippen molar-refractivity contribution in [2.24, 2.45) is 0 Å². The molecule has 1 unspecified atom stereocenters. The number of carbonyl (C=O) groups excluding carboxylic acids is 1. The summed E-state index contributed by atoms with van der Waals surface area (Å²) >= 11 is 0. The second kappa shape index (κ2) is 12.2. The van der Waals surface area contributed by atoms with Crippen molar-refractivity contribution in [1.29, 1.82) is 0 Å². The molecule has 0 aliphatic heterocycles. The Balaban J connectivity index is 0.00000301. The summed E-state index contributed by atoms with van der Waals surface area (Å²) in [6.45, 7) is 11.7. The van der Waals surface area contributed by atoms with E-state index in [0.717, 1.165) is 12.8 Å². The summed E-state index contributed by atoms with van der Waals surface area (Å²) in [5.41, 5.74) is -0.193. The van der Waals surface area contributed by atoms with Gasteiger partial charge >= 0.3 is 11.7 Å². The highest BCUT2D eigenvalue weighted by Crippen LogP contribution is 2.31. The number of nitro groups is 1. The van der Waals surface area contributed by atoms with E-state index in [0.29, 0.717) is 18.7 Å². The van der Waals surface area contributed by atoms with Gasteiger partial charge in [0, 0.05) is 12.5 Å². The number of rotatable bonds is 9. The molecular weight excluding hydrogens is 336 g/mol. The van der Waals surface area contributed by atoms with E-state index in [9.17, 15) is 14.9 Å². The topological polar surface area (TPSA) is 98.5 Å². The van der Waals surface area contributed by atoms with Crippen LogP contribution in [0, 0.1) is 10.1 Å². The second-order valence-electron chi connectivity index (χ2n) is 5.43. The van der Waals surface area contributed by atoms with Crippen LogP contribution in [0.5, 0.6) is 0 Å². The van der Waals surface area contributed by atoms with Gasteiger partial charge in [0.15, 0.2) is 0 Å². The van der Waals surface area contributed by atoms with Crippen molar-refractivity contribution in [2.75, 3.05) is 12.0 Å². The van der Waals surface area contributed by atoms with Gasteiger partial charge in [0.1, 0.15) is 18.1 Å². The van der Waals surface area contributed by atoms with Crippen molar-refractivity contribution >= 4 is 17.5 Å². The van der Waals surface area contributed by atoms with Crippen LogP contribution in [0.3, 0.4) is 0 Å². The lowest BCUT2D eigenvalue weighted by molar-refractivity contribution is -0.384. The largest absolute Gasteiger partial charge is 0.467 e. The van der Waals surface area contributed by atoms with E-state index in [-0.39, 0.29) is 17.5 Å². The minimum atomic E-state index is -0.627. The molecule has 1 aromatic heterocycles. The lowest BCUT2D eigenvalue weighted by Gasteiger charge is -2.36. The van der Waals surface area contributed by atoms with Crippen LogP contribution in [-0.4, -0.2) is 40.1 Å². The quantitative estimate of drug-likeness (QED) is 0.370. The number of carbonyl (C=O) groups is 1. The maximum absolute atomic E-state index is 12.3. The summed E-state index contributed by atoms with van der Waals surface area (Å²) < 4.78 is 4.91. The van der Waals surface area contributed by atoms with E-state index in [1.807, 2.05) is 41.5 Å². The lowest BCUT2D eigenvalue weighted by atomic mass is 10.0. The maximum atomic E-state index is 12.3. The van der Waals surface area contributed by atoms with E-state index in [1.165, 1.54) is 13.3 Å². The summed E-state index contributed by atoms with van der Waals surface area (Å²) in [7, 11) is 1.32. The number of hydrogen-bond donors (Lipinski definition) is 0. The number of nitrogens with zero attached hydrogens (tertiary/aromatic N) is 4. The van der Waals surface area contributed by atoms with Crippen molar-refractivity contribution < 1.29 is 14.5 Å². The minimum absolute atomic E-state index is 0.0626. The molecule has 0 fully saturated rings. The average molecular weight is 368 g/mol. The summed E-state index contributed by atoms with van der Waals surface area (Å²) in [6.07, 6.45) is 3.70. The van der Waals surface area contributed by atoms with Gasteiger partial charge in [-0.05, 0) is 19.3 Å². The van der Waals surface area contributed by atoms with Gasteiger partial charge < -0.3 is 9.64 Å². The third-order valence-electron chi connectivity index (χ3n) is 4.09. The Morgan fingerprint density at radius 1 is 1.23 bits per heavy atom. The van der Waals surface area contributed by atoms with Gasteiger partial charge in [-0.1, -0.05) is 41.5 Å². The number of hydrogen-bond acceptors (Lipinski definition) is 7. The Hall–Kier alpha value is -2.25. The second-order valence-corrected chi connectivity index (χ2v) is 5.43. The smallest absolute Gasteiger partial charge is 0.329 e. The summed E-state index contributed by atoms with van der Waals surface area (Å²) in [5.74, 6) is 0.277. The first kappa shape index (κ1) is 23.8. The Kier molecular flexibility index (Phi) is 11.1. The van der Waals surface area contributed by atoms with E-state index < -0.39 is 16.9 Å². The summed E-state index contributed by atoms with van der Waals surface area (Å²) in [5, 5.41) is 11.5. The van der Waals surface area contributed by atoms with Gasteiger partial charge in [-0.15, -0.1) is 0 Å². The molecule has 0 saturated heterocycles. The fourth-order valence-corrected chi connectivity index (χ4v) is 2.76. The molecule has 0 aliphatic rings. The number of aromatic nitrogens is 2. The molecule has 1 rings (SSSR count). The molecule has 0 spiro atoms. The van der Waals surface area contributed by atoms with E-state index in [1.54, 1.807) is 4.90 Å². The third-order valence-corrected chi connectivity index (χ3v) is 4.09. The first-order valence-electron chi connectivity index (χ1n) is 9.31. The first-order chi connectivity index (χ1) is 12.4. The molecule has 1 heterocycles. The van der Waals surface area contributed by atoms with Gasteiger partial charge in [-0.2, -0.15) is 0 Å². The zero-order valence-electron chi connectivity index (χ0n) is 17.0. The molecule has 0 amide bonds. The Labute approximate surface area is 156 Å². The minimum Gasteiger partial charge on any atom is -0.467 e. The molecule has 26 heavy (non-hydrogen) atoms. The predicted octanol–water partition coefficient (Wildman–Crippen LogP) is 3.92. The van der Waals surface area contributed by atoms with Crippen molar-refractivity contribution in [3.8, 4) is 0 Å². The molecule has 0 aliphatic carbocycles. The fraction of sp³-hybridized carbons (Fsp3) is 0.722. The number of esters is 1. The number of ether oxygens (including phenoxy) is 1. The predicted molar refractivity (Wildman–Crippen MR) is 102 cm³/mol. The van der Waals surface area contributed by atoms with E-state index in [4.69, 9.17) is 4.74 Å². The highest BCUT2D eigenvalue weighted by Gasteiger charge is 2.35. The van der Waals surface area contributed by atoms with Crippen molar-refractivity contribution in [1.82, 2.24) is 9.97 Å². The molecular formula is C18H32N4O4. The molecule has 0 radical (unpaired) electrons. The van der Waals surface area contributed by atoms with Crippen LogP contribution in [-0.2, 0) is 16.0 Å². The number of aryl methyl sites for hydroxylation is 1. The Bertz CT molecular complexity index is 576. The first-order valence-corrected chi connectivity index (χ1v) is 9.31. The molecule has 148 valence electrons. The summed E-state index contributed by atoms with van der Waals surface area (Å²) in [6, 6.07) is -0.689. The molecule has 0 saturated carbocycles. The standard InChI is InChI=1S/C16H26N4O4.C2H6/c1-6-11(7-2)19(12(8-3)16(21)24-5)15-13(20(22)23)10-17-14(9-4)18-15;1-2/h10-12H,6-9H2,1-5H3;1-2H3. The highest BCUT2D eigenvalue weighted by molar-refractivity contribution is 5.81. The van der Waals surface area contributed by atoms with E-state index in [2.05, 4.69) is 9.97 Å². The van der Waals surface area contributed by atoms with Crippen molar-refractivity contribution in [3.63, 3.8) is 0 Å². The van der Waals surface area contributed by atoms with Crippen LogP contribution in [0.2, 0.25) is 0 Å².